The number of carbonyl (C=O) groups excluding carboxylic acids is 1. The summed E-state index contributed by atoms with van der Waals surface area (Å²) in [7, 11) is -3.78. The highest BCUT2D eigenvalue weighted by Crippen LogP contribution is 2.29. The number of benzene rings is 2. The van der Waals surface area contributed by atoms with E-state index in [0.29, 0.717) is 10.8 Å². The molecule has 0 unspecified atom stereocenters. The first-order chi connectivity index (χ1) is 10.5. The van der Waals surface area contributed by atoms with Crippen LogP contribution >= 0.6 is 11.6 Å². The van der Waals surface area contributed by atoms with Crippen LogP contribution in [0.25, 0.3) is 0 Å². The predicted octanol–water partition coefficient (Wildman–Crippen LogP) is 2.56. The van der Waals surface area contributed by atoms with Crippen molar-refractivity contribution in [2.24, 2.45) is 0 Å². The van der Waals surface area contributed by atoms with E-state index in [1.165, 1.54) is 12.1 Å². The van der Waals surface area contributed by atoms with Crippen LogP contribution in [0.5, 0.6) is 5.75 Å². The molecule has 0 spiro atoms. The zero-order valence-electron chi connectivity index (χ0n) is 11.4. The lowest BCUT2D eigenvalue weighted by Crippen LogP contribution is -2.33. The van der Waals surface area contributed by atoms with Crippen molar-refractivity contribution in [3.05, 3.63) is 59.1 Å². The minimum atomic E-state index is -3.78. The summed E-state index contributed by atoms with van der Waals surface area (Å²) >= 11 is 5.84. The van der Waals surface area contributed by atoms with Gasteiger partial charge in [0.05, 0.1) is 12.1 Å². The molecule has 2 aromatic carbocycles. The quantitative estimate of drug-likeness (QED) is 0.860. The van der Waals surface area contributed by atoms with Crippen molar-refractivity contribution in [2.75, 3.05) is 13.2 Å². The molecule has 1 aliphatic heterocycles. The van der Waals surface area contributed by atoms with Gasteiger partial charge in [0, 0.05) is 5.02 Å². The van der Waals surface area contributed by atoms with Crippen LogP contribution in [0.4, 0.5) is 0 Å². The number of rotatable bonds is 4. The maximum Gasteiger partial charge on any atom is 0.269 e. The molecule has 22 heavy (non-hydrogen) atoms. The second-order valence-corrected chi connectivity index (χ2v) is 6.95. The topological polar surface area (TPSA) is 63.7 Å². The maximum absolute atomic E-state index is 12.3. The minimum absolute atomic E-state index is 0.0442. The molecule has 0 radical (unpaired) electrons. The smallest absolute Gasteiger partial charge is 0.269 e. The van der Waals surface area contributed by atoms with Gasteiger partial charge in [0.1, 0.15) is 17.3 Å². The van der Waals surface area contributed by atoms with Gasteiger partial charge in [-0.25, -0.2) is 12.7 Å². The number of hydrogen-bond donors (Lipinski definition) is 0. The third-order valence-electron chi connectivity index (χ3n) is 3.27. The minimum Gasteiger partial charge on any atom is -0.492 e. The van der Waals surface area contributed by atoms with Crippen LogP contribution in [0, 0.1) is 0 Å². The van der Waals surface area contributed by atoms with Crippen LogP contribution in [-0.2, 0) is 10.0 Å². The third kappa shape index (κ3) is 2.55. The molecule has 0 atom stereocenters. The van der Waals surface area contributed by atoms with E-state index in [1.807, 2.05) is 0 Å². The van der Waals surface area contributed by atoms with Gasteiger partial charge in [-0.1, -0.05) is 29.8 Å². The van der Waals surface area contributed by atoms with Gasteiger partial charge in [0.2, 0.25) is 0 Å². The number of ether oxygens (including phenoxy) is 1. The van der Waals surface area contributed by atoms with Crippen molar-refractivity contribution in [3.8, 4) is 5.75 Å². The molecule has 114 valence electrons. The molecule has 0 bridgehead atoms. The normalized spacial score (nSPS) is 15.7. The van der Waals surface area contributed by atoms with E-state index < -0.39 is 15.9 Å². The molecule has 7 heteroatoms. The van der Waals surface area contributed by atoms with Crippen LogP contribution in [0.2, 0.25) is 5.02 Å². The molecule has 5 nitrogen and oxygen atoms in total. The summed E-state index contributed by atoms with van der Waals surface area (Å²) in [4.78, 5) is 12.2. The van der Waals surface area contributed by atoms with Gasteiger partial charge < -0.3 is 4.74 Å². The highest BCUT2D eigenvalue weighted by Gasteiger charge is 2.40. The predicted molar refractivity (Wildman–Crippen MR) is 81.6 cm³/mol. The summed E-state index contributed by atoms with van der Waals surface area (Å²) in [6.45, 7) is 0.00165. The molecular formula is C15H12ClNO4S. The van der Waals surface area contributed by atoms with Gasteiger partial charge >= 0.3 is 0 Å². The van der Waals surface area contributed by atoms with E-state index >= 15 is 0 Å². The number of nitrogens with zero attached hydrogens (tertiary/aromatic N) is 1. The van der Waals surface area contributed by atoms with E-state index in [1.54, 1.807) is 36.4 Å². The van der Waals surface area contributed by atoms with Crippen LogP contribution in [0.1, 0.15) is 10.4 Å². The lowest BCUT2D eigenvalue weighted by molar-refractivity contribution is 0.0857. The fraction of sp³-hybridized carbons (Fsp3) is 0.133. The standard InChI is InChI=1S/C15H12ClNO4S/c16-11-4-3-5-12(10-11)21-9-8-17-15(18)13-6-1-2-7-14(13)22(17,19)20/h1-7,10H,8-9H2. The molecule has 3 rings (SSSR count). The van der Waals surface area contributed by atoms with Crippen molar-refractivity contribution in [1.29, 1.82) is 0 Å². The maximum atomic E-state index is 12.3. The van der Waals surface area contributed by atoms with Crippen molar-refractivity contribution in [2.45, 2.75) is 4.90 Å². The van der Waals surface area contributed by atoms with Crippen LogP contribution < -0.4 is 4.74 Å². The number of sulfonamides is 1. The Labute approximate surface area is 133 Å². The average Bonchev–Trinajstić information content (AvgIpc) is 2.69. The number of hydrogen-bond acceptors (Lipinski definition) is 4. The Kier molecular flexibility index (Phi) is 3.80. The fourth-order valence-electron chi connectivity index (χ4n) is 2.26. The Morgan fingerprint density at radius 3 is 2.59 bits per heavy atom. The first kappa shape index (κ1) is 14.9. The molecule has 0 N–H and O–H groups in total. The zero-order valence-corrected chi connectivity index (χ0v) is 13.0. The number of halogens is 1. The summed E-state index contributed by atoms with van der Waals surface area (Å²) in [6, 6.07) is 12.9. The molecule has 1 amide bonds. The van der Waals surface area contributed by atoms with E-state index in [9.17, 15) is 13.2 Å². The first-order valence-corrected chi connectivity index (χ1v) is 8.36. The summed E-state index contributed by atoms with van der Waals surface area (Å²) in [5.41, 5.74) is 0.199. The summed E-state index contributed by atoms with van der Waals surface area (Å²) < 4.78 is 30.9. The van der Waals surface area contributed by atoms with Gasteiger partial charge in [0.15, 0.2) is 0 Å². The fourth-order valence-corrected chi connectivity index (χ4v) is 3.99. The van der Waals surface area contributed by atoms with Gasteiger partial charge in [-0.3, -0.25) is 4.79 Å². The van der Waals surface area contributed by atoms with Crippen molar-refractivity contribution < 1.29 is 17.9 Å². The highest BCUT2D eigenvalue weighted by molar-refractivity contribution is 7.90. The molecule has 1 heterocycles. The average molecular weight is 338 g/mol. The van der Waals surface area contributed by atoms with Gasteiger partial charge in [-0.2, -0.15) is 0 Å². The van der Waals surface area contributed by atoms with Crippen LogP contribution in [0.15, 0.2) is 53.4 Å². The monoisotopic (exact) mass is 337 g/mol. The summed E-state index contributed by atoms with van der Waals surface area (Å²) in [5.74, 6) is -0.000600. The summed E-state index contributed by atoms with van der Waals surface area (Å²) in [6.07, 6.45) is 0. The third-order valence-corrected chi connectivity index (χ3v) is 5.35. The van der Waals surface area contributed by atoms with Crippen molar-refractivity contribution >= 4 is 27.5 Å². The lowest BCUT2D eigenvalue weighted by atomic mass is 10.2. The molecule has 0 saturated heterocycles. The Bertz CT molecular complexity index is 835. The first-order valence-electron chi connectivity index (χ1n) is 6.54. The molecular weight excluding hydrogens is 326 g/mol. The summed E-state index contributed by atoms with van der Waals surface area (Å²) in [5, 5.41) is 0.523. The Morgan fingerprint density at radius 2 is 1.86 bits per heavy atom. The Morgan fingerprint density at radius 1 is 1.09 bits per heavy atom. The van der Waals surface area contributed by atoms with Crippen LogP contribution in [0.3, 0.4) is 0 Å². The van der Waals surface area contributed by atoms with E-state index in [-0.39, 0.29) is 23.6 Å². The second-order valence-electron chi connectivity index (χ2n) is 4.68. The van der Waals surface area contributed by atoms with Crippen molar-refractivity contribution in [3.63, 3.8) is 0 Å². The lowest BCUT2D eigenvalue weighted by Gasteiger charge is -2.15. The number of fused-ring (bicyclic) bond motifs is 1. The van der Waals surface area contributed by atoms with E-state index in [0.717, 1.165) is 4.31 Å². The van der Waals surface area contributed by atoms with E-state index in [4.69, 9.17) is 16.3 Å². The van der Waals surface area contributed by atoms with Crippen LogP contribution in [-0.4, -0.2) is 31.8 Å². The second kappa shape index (κ2) is 5.62. The number of carbonyl (C=O) groups is 1. The largest absolute Gasteiger partial charge is 0.492 e. The zero-order chi connectivity index (χ0) is 15.7. The molecule has 0 saturated carbocycles. The molecule has 1 aliphatic rings. The van der Waals surface area contributed by atoms with Gasteiger partial charge in [-0.15, -0.1) is 0 Å². The Hall–Kier alpha value is -2.05. The van der Waals surface area contributed by atoms with E-state index in [2.05, 4.69) is 0 Å². The molecule has 0 aromatic heterocycles. The van der Waals surface area contributed by atoms with Gasteiger partial charge in [0.25, 0.3) is 15.9 Å². The highest BCUT2D eigenvalue weighted by atomic mass is 35.5. The molecule has 0 fully saturated rings. The SMILES string of the molecule is O=C1c2ccccc2S(=O)(=O)N1CCOc1cccc(Cl)c1. The van der Waals surface area contributed by atoms with Gasteiger partial charge in [-0.05, 0) is 30.3 Å². The molecule has 0 aliphatic carbocycles. The van der Waals surface area contributed by atoms with Crippen molar-refractivity contribution in [1.82, 2.24) is 4.31 Å². The number of amides is 1. The Balaban J connectivity index is 1.73. The molecule has 2 aromatic rings.